The SMILES string of the molecule is Cc1ccc(CN(CC(=O)Nc2ccc(S(=O)(=O)N(C)Cc3ccccc3)cc2)C(C)C)o1. The molecule has 0 saturated carbocycles. The van der Waals surface area contributed by atoms with Crippen LogP contribution in [0.15, 0.2) is 76.0 Å². The highest BCUT2D eigenvalue weighted by atomic mass is 32.2. The lowest BCUT2D eigenvalue weighted by Crippen LogP contribution is -2.37. The summed E-state index contributed by atoms with van der Waals surface area (Å²) in [5.41, 5.74) is 1.45. The van der Waals surface area contributed by atoms with Crippen LogP contribution in [0.3, 0.4) is 0 Å². The summed E-state index contributed by atoms with van der Waals surface area (Å²) < 4.78 is 32.7. The van der Waals surface area contributed by atoms with E-state index in [4.69, 9.17) is 4.42 Å². The molecular weight excluding hydrogens is 438 g/mol. The van der Waals surface area contributed by atoms with Gasteiger partial charge in [-0.2, -0.15) is 4.31 Å². The maximum atomic E-state index is 12.9. The van der Waals surface area contributed by atoms with Gasteiger partial charge in [-0.15, -0.1) is 0 Å². The number of hydrogen-bond acceptors (Lipinski definition) is 5. The molecule has 7 nitrogen and oxygen atoms in total. The maximum absolute atomic E-state index is 12.9. The minimum atomic E-state index is -3.64. The monoisotopic (exact) mass is 469 g/mol. The fourth-order valence-electron chi connectivity index (χ4n) is 3.39. The van der Waals surface area contributed by atoms with Crippen LogP contribution in [0.5, 0.6) is 0 Å². The van der Waals surface area contributed by atoms with E-state index in [0.717, 1.165) is 17.1 Å². The van der Waals surface area contributed by atoms with Crippen molar-refractivity contribution in [3.63, 3.8) is 0 Å². The molecule has 0 unspecified atom stereocenters. The van der Waals surface area contributed by atoms with E-state index in [1.807, 2.05) is 68.1 Å². The summed E-state index contributed by atoms with van der Waals surface area (Å²) in [6.07, 6.45) is 0. The van der Waals surface area contributed by atoms with Gasteiger partial charge in [-0.1, -0.05) is 30.3 Å². The number of rotatable bonds is 10. The lowest BCUT2D eigenvalue weighted by molar-refractivity contribution is -0.117. The van der Waals surface area contributed by atoms with Crippen LogP contribution in [-0.2, 0) is 27.9 Å². The third kappa shape index (κ3) is 6.77. The van der Waals surface area contributed by atoms with Crippen molar-refractivity contribution in [2.75, 3.05) is 18.9 Å². The fourth-order valence-corrected chi connectivity index (χ4v) is 4.55. The smallest absolute Gasteiger partial charge is 0.243 e. The van der Waals surface area contributed by atoms with E-state index < -0.39 is 10.0 Å². The number of amides is 1. The van der Waals surface area contributed by atoms with Crippen molar-refractivity contribution in [2.24, 2.45) is 0 Å². The highest BCUT2D eigenvalue weighted by Crippen LogP contribution is 2.19. The first-order valence-electron chi connectivity index (χ1n) is 10.8. The zero-order chi connectivity index (χ0) is 24.0. The van der Waals surface area contributed by atoms with Gasteiger partial charge in [0.2, 0.25) is 15.9 Å². The molecule has 0 atom stereocenters. The Morgan fingerprint density at radius 2 is 1.64 bits per heavy atom. The second kappa shape index (κ2) is 10.8. The third-order valence-electron chi connectivity index (χ3n) is 5.33. The Balaban J connectivity index is 1.61. The summed E-state index contributed by atoms with van der Waals surface area (Å²) in [5.74, 6) is 1.47. The van der Waals surface area contributed by atoms with Crippen LogP contribution in [0.25, 0.3) is 0 Å². The molecule has 176 valence electrons. The highest BCUT2D eigenvalue weighted by molar-refractivity contribution is 7.89. The lowest BCUT2D eigenvalue weighted by atomic mass is 10.2. The molecule has 1 N–H and O–H groups in total. The van der Waals surface area contributed by atoms with Gasteiger partial charge in [0.25, 0.3) is 0 Å². The average Bonchev–Trinajstić information content (AvgIpc) is 3.19. The first kappa shape index (κ1) is 24.7. The van der Waals surface area contributed by atoms with Crippen LogP contribution in [0.1, 0.15) is 30.9 Å². The minimum absolute atomic E-state index is 0.147. The van der Waals surface area contributed by atoms with Crippen LogP contribution in [0.4, 0.5) is 5.69 Å². The van der Waals surface area contributed by atoms with Crippen molar-refractivity contribution in [1.82, 2.24) is 9.21 Å². The van der Waals surface area contributed by atoms with E-state index in [1.54, 1.807) is 19.2 Å². The largest absolute Gasteiger partial charge is 0.465 e. The van der Waals surface area contributed by atoms with Crippen molar-refractivity contribution >= 4 is 21.6 Å². The molecule has 3 rings (SSSR count). The molecule has 0 fully saturated rings. The standard InChI is InChI=1S/C25H31N3O4S/c1-19(2)28(17-23-13-10-20(3)32-23)18-25(29)26-22-11-14-24(15-12-22)33(30,31)27(4)16-21-8-6-5-7-9-21/h5-15,19H,16-18H2,1-4H3,(H,26,29). The number of nitrogens with one attached hydrogen (secondary N) is 1. The van der Waals surface area contributed by atoms with Crippen LogP contribution in [0, 0.1) is 6.92 Å². The predicted octanol–water partition coefficient (Wildman–Crippen LogP) is 4.26. The Morgan fingerprint density at radius 3 is 2.21 bits per heavy atom. The van der Waals surface area contributed by atoms with E-state index in [2.05, 4.69) is 5.32 Å². The van der Waals surface area contributed by atoms with Gasteiger partial charge in [0.05, 0.1) is 18.0 Å². The summed E-state index contributed by atoms with van der Waals surface area (Å²) >= 11 is 0. The van der Waals surface area contributed by atoms with Gasteiger partial charge in [-0.3, -0.25) is 9.69 Å². The molecule has 0 aliphatic carbocycles. The molecule has 0 radical (unpaired) electrons. The zero-order valence-electron chi connectivity index (χ0n) is 19.5. The van der Waals surface area contributed by atoms with Crippen LogP contribution < -0.4 is 5.32 Å². The molecule has 0 aliphatic heterocycles. The van der Waals surface area contributed by atoms with Gasteiger partial charge in [-0.25, -0.2) is 8.42 Å². The summed E-state index contributed by atoms with van der Waals surface area (Å²) in [6, 6.07) is 19.6. The van der Waals surface area contributed by atoms with E-state index in [1.165, 1.54) is 16.4 Å². The number of anilines is 1. The number of carbonyl (C=O) groups excluding carboxylic acids is 1. The zero-order valence-corrected chi connectivity index (χ0v) is 20.3. The molecule has 8 heteroatoms. The highest BCUT2D eigenvalue weighted by Gasteiger charge is 2.21. The van der Waals surface area contributed by atoms with Crippen LogP contribution >= 0.6 is 0 Å². The molecule has 1 amide bonds. The van der Waals surface area contributed by atoms with Crippen molar-refractivity contribution < 1.29 is 17.6 Å². The van der Waals surface area contributed by atoms with Gasteiger partial charge in [0, 0.05) is 25.3 Å². The lowest BCUT2D eigenvalue weighted by Gasteiger charge is -2.24. The normalized spacial score (nSPS) is 12.0. The van der Waals surface area contributed by atoms with Gasteiger partial charge in [-0.05, 0) is 62.7 Å². The number of aryl methyl sites for hydroxylation is 1. The van der Waals surface area contributed by atoms with E-state index in [-0.39, 0.29) is 29.9 Å². The number of furan rings is 1. The molecule has 1 aromatic heterocycles. The Kier molecular flexibility index (Phi) is 8.07. The molecule has 0 saturated heterocycles. The minimum Gasteiger partial charge on any atom is -0.465 e. The molecular formula is C25H31N3O4S. The molecule has 1 heterocycles. The van der Waals surface area contributed by atoms with Crippen LogP contribution in [0.2, 0.25) is 0 Å². The first-order valence-corrected chi connectivity index (χ1v) is 12.3. The van der Waals surface area contributed by atoms with Crippen LogP contribution in [-0.4, -0.2) is 43.2 Å². The second-order valence-corrected chi connectivity index (χ2v) is 10.4. The van der Waals surface area contributed by atoms with Crippen molar-refractivity contribution in [3.05, 3.63) is 83.8 Å². The van der Waals surface area contributed by atoms with Gasteiger partial charge >= 0.3 is 0 Å². The summed E-state index contributed by atoms with van der Waals surface area (Å²) in [7, 11) is -2.09. The van der Waals surface area contributed by atoms with Gasteiger partial charge < -0.3 is 9.73 Å². The molecule has 0 bridgehead atoms. The second-order valence-electron chi connectivity index (χ2n) is 8.33. The predicted molar refractivity (Wildman–Crippen MR) is 129 cm³/mol. The summed E-state index contributed by atoms with van der Waals surface area (Å²) in [6.45, 7) is 6.94. The first-order chi connectivity index (χ1) is 15.6. The molecule has 3 aromatic rings. The quantitative estimate of drug-likeness (QED) is 0.480. The van der Waals surface area contributed by atoms with E-state index in [9.17, 15) is 13.2 Å². The molecule has 0 spiro atoms. The fraction of sp³-hybridized carbons (Fsp3) is 0.320. The number of benzene rings is 2. The molecule has 0 aliphatic rings. The third-order valence-corrected chi connectivity index (χ3v) is 7.14. The maximum Gasteiger partial charge on any atom is 0.243 e. The van der Waals surface area contributed by atoms with Crippen molar-refractivity contribution in [3.8, 4) is 0 Å². The Morgan fingerprint density at radius 1 is 0.970 bits per heavy atom. The van der Waals surface area contributed by atoms with Crippen molar-refractivity contribution in [1.29, 1.82) is 0 Å². The Hall–Kier alpha value is -2.94. The molecule has 2 aromatic carbocycles. The Labute approximate surface area is 196 Å². The summed E-state index contributed by atoms with van der Waals surface area (Å²) in [4.78, 5) is 14.8. The topological polar surface area (TPSA) is 82.9 Å². The number of carbonyl (C=O) groups is 1. The Bertz CT molecular complexity index is 1160. The van der Waals surface area contributed by atoms with Crippen molar-refractivity contribution in [2.45, 2.75) is 44.8 Å². The number of nitrogens with zero attached hydrogens (tertiary/aromatic N) is 2. The number of sulfonamides is 1. The van der Waals surface area contributed by atoms with Gasteiger partial charge in [0.1, 0.15) is 11.5 Å². The summed E-state index contributed by atoms with van der Waals surface area (Å²) in [5, 5.41) is 2.85. The molecule has 33 heavy (non-hydrogen) atoms. The van der Waals surface area contributed by atoms with Gasteiger partial charge in [0.15, 0.2) is 0 Å². The van der Waals surface area contributed by atoms with E-state index >= 15 is 0 Å². The average molecular weight is 470 g/mol. The number of hydrogen-bond donors (Lipinski definition) is 1. The van der Waals surface area contributed by atoms with E-state index in [0.29, 0.717) is 12.2 Å².